The number of carbonyl (C=O) groups excluding carboxylic acids is 2. The maximum Gasteiger partial charge on any atom is 0.245 e. The van der Waals surface area contributed by atoms with E-state index in [2.05, 4.69) is 27.8 Å². The number of piperidine rings is 1. The molecule has 0 bridgehead atoms. The number of carbonyl (C=O) groups is 2. The molecule has 1 aromatic rings. The topological polar surface area (TPSA) is 67.9 Å². The lowest BCUT2D eigenvalue weighted by Crippen LogP contribution is -2.43. The Kier molecular flexibility index (Phi) is 5.08. The molecule has 7 heteroatoms. The van der Waals surface area contributed by atoms with E-state index in [4.69, 9.17) is 9.47 Å². The minimum Gasteiger partial charge on any atom is -0.486 e. The van der Waals surface area contributed by atoms with E-state index in [1.165, 1.54) is 6.08 Å². The van der Waals surface area contributed by atoms with Gasteiger partial charge in [0.15, 0.2) is 11.5 Å². The van der Waals surface area contributed by atoms with Crippen LogP contribution in [0.5, 0.6) is 11.5 Å². The van der Waals surface area contributed by atoms with Crippen molar-refractivity contribution in [2.24, 2.45) is 5.92 Å². The zero-order valence-corrected chi connectivity index (χ0v) is 14.8. The van der Waals surface area contributed by atoms with Crippen molar-refractivity contribution < 1.29 is 19.1 Å². The molecule has 1 aromatic carbocycles. The molecule has 2 aliphatic heterocycles. The molecule has 0 aliphatic carbocycles. The number of rotatable bonds is 3. The summed E-state index contributed by atoms with van der Waals surface area (Å²) >= 11 is 3.44. The summed E-state index contributed by atoms with van der Waals surface area (Å²) in [5.41, 5.74) is 0.642. The van der Waals surface area contributed by atoms with Gasteiger partial charge in [-0.3, -0.25) is 9.59 Å². The zero-order valence-electron chi connectivity index (χ0n) is 13.2. The van der Waals surface area contributed by atoms with E-state index in [1.54, 1.807) is 17.0 Å². The molecule has 128 valence electrons. The summed E-state index contributed by atoms with van der Waals surface area (Å²) in [4.78, 5) is 25.9. The van der Waals surface area contributed by atoms with Gasteiger partial charge in [-0.2, -0.15) is 0 Å². The number of anilines is 1. The largest absolute Gasteiger partial charge is 0.486 e. The molecule has 1 N–H and O–H groups in total. The molecule has 24 heavy (non-hydrogen) atoms. The zero-order chi connectivity index (χ0) is 17.1. The van der Waals surface area contributed by atoms with Crippen LogP contribution in [0.2, 0.25) is 0 Å². The lowest BCUT2D eigenvalue weighted by atomic mass is 9.97. The Hall–Kier alpha value is -2.02. The lowest BCUT2D eigenvalue weighted by molar-refractivity contribution is -0.130. The molecule has 0 radical (unpaired) electrons. The van der Waals surface area contributed by atoms with E-state index in [0.717, 1.165) is 17.3 Å². The van der Waals surface area contributed by atoms with Gasteiger partial charge in [0.2, 0.25) is 11.8 Å². The molecule has 1 saturated heterocycles. The molecule has 2 amide bonds. The summed E-state index contributed by atoms with van der Waals surface area (Å²) in [5, 5.41) is 2.91. The second kappa shape index (κ2) is 7.25. The molecule has 1 fully saturated rings. The highest BCUT2D eigenvalue weighted by Gasteiger charge is 2.28. The van der Waals surface area contributed by atoms with Gasteiger partial charge in [-0.15, -0.1) is 0 Å². The minimum absolute atomic E-state index is 0.0971. The number of fused-ring (bicyclic) bond motifs is 1. The maximum absolute atomic E-state index is 12.5. The Morgan fingerprint density at radius 2 is 2.12 bits per heavy atom. The van der Waals surface area contributed by atoms with Gasteiger partial charge < -0.3 is 19.7 Å². The third kappa shape index (κ3) is 3.56. The summed E-state index contributed by atoms with van der Waals surface area (Å²) in [6, 6.07) is 3.55. The third-order valence-electron chi connectivity index (χ3n) is 4.14. The number of ether oxygens (including phenoxy) is 2. The van der Waals surface area contributed by atoms with E-state index in [-0.39, 0.29) is 17.7 Å². The highest BCUT2D eigenvalue weighted by molar-refractivity contribution is 9.10. The predicted molar refractivity (Wildman–Crippen MR) is 93.3 cm³/mol. The van der Waals surface area contributed by atoms with Crippen LogP contribution in [-0.4, -0.2) is 43.0 Å². The summed E-state index contributed by atoms with van der Waals surface area (Å²) in [6.07, 6.45) is 2.86. The normalized spacial score (nSPS) is 19.5. The van der Waals surface area contributed by atoms with Crippen molar-refractivity contribution in [3.05, 3.63) is 29.3 Å². The Labute approximate surface area is 148 Å². The van der Waals surface area contributed by atoms with Crippen molar-refractivity contribution in [2.75, 3.05) is 31.6 Å². The van der Waals surface area contributed by atoms with Crippen LogP contribution in [0.25, 0.3) is 0 Å². The lowest BCUT2D eigenvalue weighted by Gasteiger charge is -2.31. The van der Waals surface area contributed by atoms with Crippen molar-refractivity contribution in [3.8, 4) is 11.5 Å². The van der Waals surface area contributed by atoms with Gasteiger partial charge in [0.05, 0.1) is 10.4 Å². The Morgan fingerprint density at radius 1 is 1.33 bits per heavy atom. The average molecular weight is 395 g/mol. The number of nitrogens with one attached hydrogen (secondary N) is 1. The van der Waals surface area contributed by atoms with Crippen molar-refractivity contribution in [1.82, 2.24) is 4.90 Å². The number of amides is 2. The molecule has 3 rings (SSSR count). The first-order valence-corrected chi connectivity index (χ1v) is 8.69. The first-order valence-electron chi connectivity index (χ1n) is 7.90. The van der Waals surface area contributed by atoms with Crippen molar-refractivity contribution in [2.45, 2.75) is 12.8 Å². The van der Waals surface area contributed by atoms with Crippen LogP contribution in [0.4, 0.5) is 5.69 Å². The summed E-state index contributed by atoms with van der Waals surface area (Å²) in [5.74, 6) is 0.807. The van der Waals surface area contributed by atoms with Crippen LogP contribution in [0.15, 0.2) is 29.3 Å². The Morgan fingerprint density at radius 3 is 2.92 bits per heavy atom. The second-order valence-corrected chi connectivity index (χ2v) is 6.65. The molecule has 1 unspecified atom stereocenters. The van der Waals surface area contributed by atoms with Gasteiger partial charge in [-0.1, -0.05) is 6.58 Å². The number of nitrogens with zero attached hydrogens (tertiary/aromatic N) is 1. The van der Waals surface area contributed by atoms with E-state index in [9.17, 15) is 9.59 Å². The van der Waals surface area contributed by atoms with Crippen molar-refractivity contribution >= 4 is 33.4 Å². The fourth-order valence-electron chi connectivity index (χ4n) is 2.95. The summed E-state index contributed by atoms with van der Waals surface area (Å²) in [6.45, 7) is 5.58. The van der Waals surface area contributed by atoms with Gasteiger partial charge in [-0.05, 0) is 40.9 Å². The number of likely N-dealkylation sites (tertiary alicyclic amines) is 1. The van der Waals surface area contributed by atoms with Gasteiger partial charge >= 0.3 is 0 Å². The molecular weight excluding hydrogens is 376 g/mol. The molecule has 0 spiro atoms. The first kappa shape index (κ1) is 16.8. The quantitative estimate of drug-likeness (QED) is 0.799. The van der Waals surface area contributed by atoms with Gasteiger partial charge in [-0.25, -0.2) is 0 Å². The molecule has 0 saturated carbocycles. The fourth-order valence-corrected chi connectivity index (χ4v) is 3.50. The van der Waals surface area contributed by atoms with Gasteiger partial charge in [0.1, 0.15) is 13.2 Å². The standard InChI is InChI=1S/C17H19BrN2O4/c1-2-15(21)20-5-3-4-11(10-20)17(22)19-12-8-13(18)16-14(9-12)23-6-7-24-16/h2,8-9,11H,1,3-7,10H2,(H,19,22). The monoisotopic (exact) mass is 394 g/mol. The molecule has 6 nitrogen and oxygen atoms in total. The van der Waals surface area contributed by atoms with Crippen LogP contribution >= 0.6 is 15.9 Å². The minimum atomic E-state index is -0.227. The SMILES string of the molecule is C=CC(=O)N1CCCC(C(=O)Nc2cc(Br)c3c(c2)OCCO3)C1. The predicted octanol–water partition coefficient (Wildman–Crippen LogP) is 2.58. The van der Waals surface area contributed by atoms with E-state index >= 15 is 0 Å². The molecule has 2 aliphatic rings. The van der Waals surface area contributed by atoms with Crippen molar-refractivity contribution in [1.29, 1.82) is 0 Å². The van der Waals surface area contributed by atoms with Gasteiger partial charge in [0, 0.05) is 24.8 Å². The third-order valence-corrected chi connectivity index (χ3v) is 4.73. The van der Waals surface area contributed by atoms with Gasteiger partial charge in [0.25, 0.3) is 0 Å². The number of benzene rings is 1. The Bertz CT molecular complexity index is 677. The number of halogens is 1. The average Bonchev–Trinajstić information content (AvgIpc) is 2.61. The molecule has 2 heterocycles. The first-order chi connectivity index (χ1) is 11.6. The molecular formula is C17H19BrN2O4. The van der Waals surface area contributed by atoms with Crippen LogP contribution in [-0.2, 0) is 9.59 Å². The van der Waals surface area contributed by atoms with E-state index < -0.39 is 0 Å². The van der Waals surface area contributed by atoms with Crippen LogP contribution in [0, 0.1) is 5.92 Å². The number of hydrogen-bond donors (Lipinski definition) is 1. The van der Waals surface area contributed by atoms with Crippen LogP contribution in [0.3, 0.4) is 0 Å². The molecule has 0 aromatic heterocycles. The highest BCUT2D eigenvalue weighted by Crippen LogP contribution is 2.40. The maximum atomic E-state index is 12.5. The fraction of sp³-hybridized carbons (Fsp3) is 0.412. The van der Waals surface area contributed by atoms with E-state index in [0.29, 0.717) is 43.5 Å². The van der Waals surface area contributed by atoms with Crippen LogP contribution in [0.1, 0.15) is 12.8 Å². The number of hydrogen-bond acceptors (Lipinski definition) is 4. The van der Waals surface area contributed by atoms with E-state index in [1.807, 2.05) is 0 Å². The summed E-state index contributed by atoms with van der Waals surface area (Å²) < 4.78 is 11.8. The second-order valence-electron chi connectivity index (χ2n) is 5.80. The Balaban J connectivity index is 1.69. The molecule has 1 atom stereocenters. The van der Waals surface area contributed by atoms with Crippen LogP contribution < -0.4 is 14.8 Å². The van der Waals surface area contributed by atoms with Crippen molar-refractivity contribution in [3.63, 3.8) is 0 Å². The smallest absolute Gasteiger partial charge is 0.245 e. The summed E-state index contributed by atoms with van der Waals surface area (Å²) in [7, 11) is 0. The highest BCUT2D eigenvalue weighted by atomic mass is 79.9.